The van der Waals surface area contributed by atoms with Crippen LogP contribution in [0.3, 0.4) is 0 Å². The molecule has 0 fully saturated rings. The molecular weight excluding hydrogens is 456 g/mol. The van der Waals surface area contributed by atoms with E-state index in [1.807, 2.05) is 30.3 Å². The third-order valence-corrected chi connectivity index (χ3v) is 4.06. The van der Waals surface area contributed by atoms with Crippen LogP contribution in [0.25, 0.3) is 16.7 Å². The van der Waals surface area contributed by atoms with Crippen molar-refractivity contribution in [1.82, 2.24) is 15.0 Å². The van der Waals surface area contributed by atoms with Gasteiger partial charge in [-0.2, -0.15) is 0 Å². The van der Waals surface area contributed by atoms with Crippen molar-refractivity contribution in [2.45, 2.75) is 0 Å². The van der Waals surface area contributed by atoms with Crippen molar-refractivity contribution in [3.05, 3.63) is 43.5 Å². The molecular formula is C12H7I2N3O. The Morgan fingerprint density at radius 2 is 1.78 bits per heavy atom. The maximum Gasteiger partial charge on any atom is 0.156 e. The SMILES string of the molecule is Oc1c(I)cccc1-n1nc2ccc(I)cc2n1. The fourth-order valence-corrected chi connectivity index (χ4v) is 2.62. The zero-order valence-electron chi connectivity index (χ0n) is 9.01. The summed E-state index contributed by atoms with van der Waals surface area (Å²) in [6, 6.07) is 11.4. The average molecular weight is 463 g/mol. The van der Waals surface area contributed by atoms with Gasteiger partial charge in [0.05, 0.1) is 3.57 Å². The Labute approximate surface area is 130 Å². The first-order chi connectivity index (χ1) is 8.65. The summed E-state index contributed by atoms with van der Waals surface area (Å²) in [6.07, 6.45) is 0. The molecule has 2 aromatic carbocycles. The molecule has 3 rings (SSSR count). The number of benzene rings is 2. The fourth-order valence-electron chi connectivity index (χ4n) is 1.66. The predicted molar refractivity (Wildman–Crippen MR) is 86.0 cm³/mol. The molecule has 1 N–H and O–H groups in total. The van der Waals surface area contributed by atoms with Gasteiger partial charge >= 0.3 is 0 Å². The molecule has 0 radical (unpaired) electrons. The lowest BCUT2D eigenvalue weighted by Gasteiger charge is -2.03. The van der Waals surface area contributed by atoms with Crippen LogP contribution in [-0.4, -0.2) is 20.1 Å². The first-order valence-electron chi connectivity index (χ1n) is 5.15. The molecule has 3 aromatic rings. The van der Waals surface area contributed by atoms with E-state index in [0.717, 1.165) is 18.2 Å². The molecule has 0 saturated heterocycles. The van der Waals surface area contributed by atoms with Gasteiger partial charge in [-0.25, -0.2) is 0 Å². The van der Waals surface area contributed by atoms with Gasteiger partial charge in [-0.15, -0.1) is 15.0 Å². The summed E-state index contributed by atoms with van der Waals surface area (Å²) in [6.45, 7) is 0. The quantitative estimate of drug-likeness (QED) is 0.564. The van der Waals surface area contributed by atoms with Gasteiger partial charge in [-0.05, 0) is 75.5 Å². The van der Waals surface area contributed by atoms with Crippen LogP contribution in [-0.2, 0) is 0 Å². The van der Waals surface area contributed by atoms with Gasteiger partial charge in [-0.3, -0.25) is 0 Å². The largest absolute Gasteiger partial charge is 0.505 e. The van der Waals surface area contributed by atoms with Crippen molar-refractivity contribution in [1.29, 1.82) is 0 Å². The van der Waals surface area contributed by atoms with Crippen molar-refractivity contribution in [3.8, 4) is 11.4 Å². The maximum absolute atomic E-state index is 10.0. The van der Waals surface area contributed by atoms with Crippen LogP contribution in [0.4, 0.5) is 0 Å². The molecule has 1 aromatic heterocycles. The summed E-state index contributed by atoms with van der Waals surface area (Å²) in [7, 11) is 0. The third kappa shape index (κ3) is 2.07. The molecule has 18 heavy (non-hydrogen) atoms. The average Bonchev–Trinajstić information content (AvgIpc) is 2.75. The highest BCUT2D eigenvalue weighted by Gasteiger charge is 2.10. The van der Waals surface area contributed by atoms with Crippen molar-refractivity contribution in [2.24, 2.45) is 0 Å². The fraction of sp³-hybridized carbons (Fsp3) is 0. The van der Waals surface area contributed by atoms with E-state index < -0.39 is 0 Å². The van der Waals surface area contributed by atoms with Crippen LogP contribution in [0.5, 0.6) is 5.75 Å². The normalized spacial score (nSPS) is 11.0. The Kier molecular flexibility index (Phi) is 3.14. The highest BCUT2D eigenvalue weighted by atomic mass is 127. The van der Waals surface area contributed by atoms with Crippen molar-refractivity contribution in [2.75, 3.05) is 0 Å². The number of halogens is 2. The summed E-state index contributed by atoms with van der Waals surface area (Å²) < 4.78 is 1.89. The van der Waals surface area contributed by atoms with Crippen LogP contribution < -0.4 is 0 Å². The van der Waals surface area contributed by atoms with E-state index in [1.54, 1.807) is 6.07 Å². The molecule has 6 heteroatoms. The second-order valence-electron chi connectivity index (χ2n) is 3.73. The lowest BCUT2D eigenvalue weighted by atomic mass is 10.3. The van der Waals surface area contributed by atoms with Crippen molar-refractivity contribution >= 4 is 56.2 Å². The third-order valence-electron chi connectivity index (χ3n) is 2.52. The van der Waals surface area contributed by atoms with Gasteiger partial charge in [0.1, 0.15) is 16.7 Å². The first kappa shape index (κ1) is 12.2. The van der Waals surface area contributed by atoms with E-state index in [2.05, 4.69) is 55.4 Å². The van der Waals surface area contributed by atoms with Crippen LogP contribution in [0.2, 0.25) is 0 Å². The lowest BCUT2D eigenvalue weighted by Crippen LogP contribution is -1.99. The van der Waals surface area contributed by atoms with E-state index >= 15 is 0 Å². The summed E-state index contributed by atoms with van der Waals surface area (Å²) in [5.74, 6) is 0.202. The molecule has 0 aliphatic rings. The minimum atomic E-state index is 0.202. The molecule has 0 aliphatic heterocycles. The number of para-hydroxylation sites is 1. The zero-order valence-corrected chi connectivity index (χ0v) is 13.3. The van der Waals surface area contributed by atoms with Gasteiger partial charge in [-0.1, -0.05) is 6.07 Å². The minimum Gasteiger partial charge on any atom is -0.505 e. The number of hydrogen-bond donors (Lipinski definition) is 1. The van der Waals surface area contributed by atoms with Crippen LogP contribution in [0.1, 0.15) is 0 Å². The van der Waals surface area contributed by atoms with Crippen LogP contribution >= 0.6 is 45.2 Å². The van der Waals surface area contributed by atoms with Gasteiger partial charge < -0.3 is 5.11 Å². The van der Waals surface area contributed by atoms with Gasteiger partial charge in [0, 0.05) is 3.57 Å². The van der Waals surface area contributed by atoms with E-state index in [0.29, 0.717) is 5.69 Å². The van der Waals surface area contributed by atoms with Gasteiger partial charge in [0.25, 0.3) is 0 Å². The van der Waals surface area contributed by atoms with E-state index in [1.165, 1.54) is 4.80 Å². The van der Waals surface area contributed by atoms with Crippen molar-refractivity contribution in [3.63, 3.8) is 0 Å². The molecule has 90 valence electrons. The molecule has 0 bridgehead atoms. The second kappa shape index (κ2) is 4.65. The Hall–Kier alpha value is -0.900. The number of aromatic hydroxyl groups is 1. The molecule has 1 heterocycles. The lowest BCUT2D eigenvalue weighted by molar-refractivity contribution is 0.464. The zero-order chi connectivity index (χ0) is 12.7. The smallest absolute Gasteiger partial charge is 0.156 e. The number of nitrogens with zero attached hydrogens (tertiary/aromatic N) is 3. The van der Waals surface area contributed by atoms with E-state index in [9.17, 15) is 5.11 Å². The van der Waals surface area contributed by atoms with Crippen LogP contribution in [0.15, 0.2) is 36.4 Å². The first-order valence-corrected chi connectivity index (χ1v) is 7.31. The summed E-state index contributed by atoms with van der Waals surface area (Å²) >= 11 is 4.32. The number of phenols is 1. The molecule has 0 saturated carbocycles. The highest BCUT2D eigenvalue weighted by molar-refractivity contribution is 14.1. The molecule has 0 unspecified atom stereocenters. The van der Waals surface area contributed by atoms with E-state index in [-0.39, 0.29) is 5.75 Å². The summed E-state index contributed by atoms with van der Waals surface area (Å²) in [4.78, 5) is 1.47. The van der Waals surface area contributed by atoms with Crippen LogP contribution in [0, 0.1) is 7.14 Å². The van der Waals surface area contributed by atoms with Gasteiger partial charge in [0.2, 0.25) is 0 Å². The van der Waals surface area contributed by atoms with E-state index in [4.69, 9.17) is 0 Å². The molecule has 4 nitrogen and oxygen atoms in total. The molecule has 0 spiro atoms. The Bertz CT molecular complexity index is 739. The topological polar surface area (TPSA) is 50.9 Å². The van der Waals surface area contributed by atoms with Crippen molar-refractivity contribution < 1.29 is 5.11 Å². The Balaban J connectivity index is 2.22. The summed E-state index contributed by atoms with van der Waals surface area (Å²) in [5.41, 5.74) is 2.22. The predicted octanol–water partition coefficient (Wildman–Crippen LogP) is 3.34. The molecule has 0 aliphatic carbocycles. The number of rotatable bonds is 1. The monoisotopic (exact) mass is 463 g/mol. The van der Waals surface area contributed by atoms with Gasteiger partial charge in [0.15, 0.2) is 5.75 Å². The number of hydrogen-bond acceptors (Lipinski definition) is 3. The minimum absolute atomic E-state index is 0.202. The maximum atomic E-state index is 10.0. The number of fused-ring (bicyclic) bond motifs is 1. The standard InChI is InChI=1S/C12H7I2N3O/c13-7-4-5-9-10(6-7)16-17(15-9)11-3-1-2-8(14)12(11)18/h1-6,18H. The highest BCUT2D eigenvalue weighted by Crippen LogP contribution is 2.27. The summed E-state index contributed by atoms with van der Waals surface area (Å²) in [5, 5.41) is 18.8. The number of aromatic nitrogens is 3. The Morgan fingerprint density at radius 3 is 2.61 bits per heavy atom. The second-order valence-corrected chi connectivity index (χ2v) is 6.14. The molecule has 0 amide bonds. The molecule has 0 atom stereocenters. The number of phenolic OH excluding ortho intramolecular Hbond substituents is 1. The Morgan fingerprint density at radius 1 is 1.00 bits per heavy atom.